The number of nitrogens with zero attached hydrogens (tertiary/aromatic N) is 1. The van der Waals surface area contributed by atoms with E-state index in [0.29, 0.717) is 12.6 Å². The maximum absolute atomic E-state index is 14.4. The summed E-state index contributed by atoms with van der Waals surface area (Å²) in [4.78, 5) is 2.26. The van der Waals surface area contributed by atoms with Crippen LogP contribution >= 0.6 is 11.8 Å². The van der Waals surface area contributed by atoms with Gasteiger partial charge in [0.2, 0.25) is 0 Å². The Morgan fingerprint density at radius 2 is 1.87 bits per heavy atom. The van der Waals surface area contributed by atoms with Crippen molar-refractivity contribution in [2.75, 3.05) is 31.1 Å². The lowest BCUT2D eigenvalue weighted by Crippen LogP contribution is -2.47. The minimum atomic E-state index is -0.910. The maximum Gasteiger partial charge on any atom is 0.125 e. The quantitative estimate of drug-likeness (QED) is 0.785. The van der Waals surface area contributed by atoms with Gasteiger partial charge in [-0.3, -0.25) is 0 Å². The van der Waals surface area contributed by atoms with Gasteiger partial charge >= 0.3 is 0 Å². The molecule has 2 nitrogen and oxygen atoms in total. The van der Waals surface area contributed by atoms with Crippen LogP contribution < -0.4 is 5.73 Å². The van der Waals surface area contributed by atoms with Crippen LogP contribution in [-0.2, 0) is 0 Å². The Kier molecular flexibility index (Phi) is 3.91. The van der Waals surface area contributed by atoms with Gasteiger partial charge < -0.3 is 10.6 Å². The van der Waals surface area contributed by atoms with E-state index in [4.69, 9.17) is 5.73 Å². The van der Waals surface area contributed by atoms with Crippen LogP contribution in [0.4, 0.5) is 4.39 Å². The highest BCUT2D eigenvalue weighted by atomic mass is 32.2. The minimum absolute atomic E-state index is 0.346. The summed E-state index contributed by atoms with van der Waals surface area (Å²) in [5.41, 5.74) is 4.93. The summed E-state index contributed by atoms with van der Waals surface area (Å²) in [6.45, 7) is 2.61. The first-order valence-electron chi connectivity index (χ1n) is 5.93. The first-order valence-corrected chi connectivity index (χ1v) is 7.08. The SMILES string of the molecule is NC1CCN(CC2(F)CCSCC2)CC1. The normalized spacial score (nSPS) is 29.2. The summed E-state index contributed by atoms with van der Waals surface area (Å²) >= 11 is 1.88. The zero-order valence-corrected chi connectivity index (χ0v) is 10.1. The largest absolute Gasteiger partial charge is 0.328 e. The van der Waals surface area contributed by atoms with E-state index in [9.17, 15) is 4.39 Å². The third kappa shape index (κ3) is 3.33. The average Bonchev–Trinajstić information content (AvgIpc) is 2.22. The highest BCUT2D eigenvalue weighted by Gasteiger charge is 2.34. The van der Waals surface area contributed by atoms with Crippen LogP contribution in [0.5, 0.6) is 0 Å². The molecule has 0 unspecified atom stereocenters. The van der Waals surface area contributed by atoms with Gasteiger partial charge in [-0.2, -0.15) is 11.8 Å². The summed E-state index contributed by atoms with van der Waals surface area (Å²) in [7, 11) is 0. The smallest absolute Gasteiger partial charge is 0.125 e. The zero-order valence-electron chi connectivity index (χ0n) is 9.25. The summed E-state index contributed by atoms with van der Waals surface area (Å²) in [6.07, 6.45) is 3.54. The lowest BCUT2D eigenvalue weighted by Gasteiger charge is -2.37. The van der Waals surface area contributed by atoms with Crippen LogP contribution in [0.25, 0.3) is 0 Å². The van der Waals surface area contributed by atoms with Crippen LogP contribution in [0.1, 0.15) is 25.7 Å². The fourth-order valence-corrected chi connectivity index (χ4v) is 3.63. The van der Waals surface area contributed by atoms with Gasteiger partial charge in [0.25, 0.3) is 0 Å². The number of rotatable bonds is 2. The Labute approximate surface area is 95.8 Å². The number of alkyl halides is 1. The van der Waals surface area contributed by atoms with Crippen molar-refractivity contribution in [1.82, 2.24) is 4.90 Å². The predicted molar refractivity (Wildman–Crippen MR) is 64.0 cm³/mol. The molecule has 2 rings (SSSR count). The molecule has 0 radical (unpaired) electrons. The number of likely N-dealkylation sites (tertiary alicyclic amines) is 1. The number of hydrogen-bond donors (Lipinski definition) is 1. The van der Waals surface area contributed by atoms with Crippen LogP contribution in [0.15, 0.2) is 0 Å². The Bertz CT molecular complexity index is 199. The number of halogens is 1. The molecule has 2 aliphatic rings. The van der Waals surface area contributed by atoms with Gasteiger partial charge in [-0.1, -0.05) is 0 Å². The van der Waals surface area contributed by atoms with Gasteiger partial charge in [0.05, 0.1) is 0 Å². The highest BCUT2D eigenvalue weighted by Crippen LogP contribution is 2.31. The van der Waals surface area contributed by atoms with Gasteiger partial charge in [0.1, 0.15) is 5.67 Å². The molecule has 0 aromatic heterocycles. The Hall–Kier alpha value is 0.200. The van der Waals surface area contributed by atoms with Crippen LogP contribution in [0, 0.1) is 0 Å². The van der Waals surface area contributed by atoms with Crippen molar-refractivity contribution in [2.24, 2.45) is 5.73 Å². The van der Waals surface area contributed by atoms with Crippen LogP contribution in [0.2, 0.25) is 0 Å². The molecule has 2 saturated heterocycles. The van der Waals surface area contributed by atoms with Crippen molar-refractivity contribution in [1.29, 1.82) is 0 Å². The Balaban J connectivity index is 1.80. The van der Waals surface area contributed by atoms with Crippen molar-refractivity contribution in [3.05, 3.63) is 0 Å². The van der Waals surface area contributed by atoms with Crippen molar-refractivity contribution in [3.63, 3.8) is 0 Å². The highest BCUT2D eigenvalue weighted by molar-refractivity contribution is 7.99. The number of piperidine rings is 1. The molecule has 0 aromatic carbocycles. The number of thioether (sulfide) groups is 1. The molecule has 2 fully saturated rings. The zero-order chi connectivity index (χ0) is 10.7. The molecule has 2 aliphatic heterocycles. The maximum atomic E-state index is 14.4. The summed E-state index contributed by atoms with van der Waals surface area (Å²) < 4.78 is 14.4. The Morgan fingerprint density at radius 3 is 2.47 bits per heavy atom. The molecule has 0 saturated carbocycles. The van der Waals surface area contributed by atoms with E-state index in [-0.39, 0.29) is 0 Å². The second-order valence-electron chi connectivity index (χ2n) is 4.88. The van der Waals surface area contributed by atoms with Gasteiger partial charge in [-0.05, 0) is 50.3 Å². The molecule has 15 heavy (non-hydrogen) atoms. The summed E-state index contributed by atoms with van der Waals surface area (Å²) in [5, 5.41) is 0. The summed E-state index contributed by atoms with van der Waals surface area (Å²) in [6, 6.07) is 0.346. The van der Waals surface area contributed by atoms with Crippen molar-refractivity contribution >= 4 is 11.8 Å². The molecule has 4 heteroatoms. The first-order chi connectivity index (χ1) is 7.18. The number of hydrogen-bond acceptors (Lipinski definition) is 3. The minimum Gasteiger partial charge on any atom is -0.328 e. The average molecular weight is 232 g/mol. The second-order valence-corrected chi connectivity index (χ2v) is 6.10. The molecule has 0 amide bonds. The van der Waals surface area contributed by atoms with E-state index in [1.165, 1.54) is 0 Å². The van der Waals surface area contributed by atoms with Gasteiger partial charge in [0.15, 0.2) is 0 Å². The molecule has 2 N–H and O–H groups in total. The van der Waals surface area contributed by atoms with Crippen molar-refractivity contribution in [2.45, 2.75) is 37.4 Å². The third-order valence-corrected chi connectivity index (χ3v) is 4.51. The van der Waals surface area contributed by atoms with Crippen LogP contribution in [-0.4, -0.2) is 47.8 Å². The summed E-state index contributed by atoms with van der Waals surface area (Å²) in [5.74, 6) is 1.98. The lowest BCUT2D eigenvalue weighted by molar-refractivity contribution is 0.0703. The van der Waals surface area contributed by atoms with E-state index in [0.717, 1.165) is 50.3 Å². The van der Waals surface area contributed by atoms with Crippen LogP contribution in [0.3, 0.4) is 0 Å². The van der Waals surface area contributed by atoms with Gasteiger partial charge in [-0.25, -0.2) is 4.39 Å². The van der Waals surface area contributed by atoms with E-state index in [1.807, 2.05) is 11.8 Å². The van der Waals surface area contributed by atoms with Gasteiger partial charge in [-0.15, -0.1) is 0 Å². The molecular formula is C11H21FN2S. The molecule has 88 valence electrons. The van der Waals surface area contributed by atoms with E-state index in [1.54, 1.807) is 0 Å². The molecule has 0 spiro atoms. The topological polar surface area (TPSA) is 29.3 Å². The lowest BCUT2D eigenvalue weighted by atomic mass is 9.96. The molecule has 0 atom stereocenters. The predicted octanol–water partition coefficient (Wildman–Crippen LogP) is 1.64. The van der Waals surface area contributed by atoms with E-state index < -0.39 is 5.67 Å². The monoisotopic (exact) mass is 232 g/mol. The first kappa shape index (κ1) is 11.7. The molecule has 0 bridgehead atoms. The Morgan fingerprint density at radius 1 is 1.27 bits per heavy atom. The molecule has 0 aliphatic carbocycles. The fourth-order valence-electron chi connectivity index (χ4n) is 2.41. The molecular weight excluding hydrogens is 211 g/mol. The number of nitrogens with two attached hydrogens (primary N) is 1. The van der Waals surface area contributed by atoms with Crippen molar-refractivity contribution in [3.8, 4) is 0 Å². The fraction of sp³-hybridized carbons (Fsp3) is 1.00. The van der Waals surface area contributed by atoms with E-state index >= 15 is 0 Å². The standard InChI is InChI=1S/C11H21FN2S/c12-11(3-7-15-8-4-11)9-14-5-1-10(13)2-6-14/h10H,1-9,13H2. The van der Waals surface area contributed by atoms with E-state index in [2.05, 4.69) is 4.90 Å². The molecule has 0 aromatic rings. The third-order valence-electron chi connectivity index (χ3n) is 3.53. The second kappa shape index (κ2) is 5.02. The van der Waals surface area contributed by atoms with Gasteiger partial charge in [0, 0.05) is 12.6 Å². The molecule has 2 heterocycles. The van der Waals surface area contributed by atoms with Crippen molar-refractivity contribution < 1.29 is 4.39 Å².